The second-order valence-electron chi connectivity index (χ2n) is 4.47. The van der Waals surface area contributed by atoms with Crippen molar-refractivity contribution >= 4 is 11.6 Å². The molecule has 0 amide bonds. The summed E-state index contributed by atoms with van der Waals surface area (Å²) in [6.07, 6.45) is 0. The molecule has 1 heterocycles. The van der Waals surface area contributed by atoms with E-state index in [0.717, 1.165) is 22.6 Å². The Balaban J connectivity index is 2.21. The van der Waals surface area contributed by atoms with Crippen LogP contribution in [0.15, 0.2) is 30.3 Å². The fourth-order valence-electron chi connectivity index (χ4n) is 1.97. The second-order valence-corrected chi connectivity index (χ2v) is 4.47. The summed E-state index contributed by atoms with van der Waals surface area (Å²) in [6.45, 7) is 5.97. The molecule has 2 aromatic rings. The van der Waals surface area contributed by atoms with Crippen LogP contribution in [0.1, 0.15) is 29.9 Å². The molecule has 4 heteroatoms. The zero-order chi connectivity index (χ0) is 13.1. The smallest absolute Gasteiger partial charge is 0.223 e. The van der Waals surface area contributed by atoms with Crippen LogP contribution in [-0.4, -0.2) is 9.97 Å². The van der Waals surface area contributed by atoms with E-state index in [-0.39, 0.29) is 6.04 Å². The average molecular weight is 242 g/mol. The highest BCUT2D eigenvalue weighted by atomic mass is 15.1. The van der Waals surface area contributed by atoms with E-state index < -0.39 is 0 Å². The maximum Gasteiger partial charge on any atom is 0.223 e. The highest BCUT2D eigenvalue weighted by molar-refractivity contribution is 5.50. The van der Waals surface area contributed by atoms with Gasteiger partial charge in [0.15, 0.2) is 0 Å². The lowest BCUT2D eigenvalue weighted by molar-refractivity contribution is 0.855. The highest BCUT2D eigenvalue weighted by Crippen LogP contribution is 2.22. The lowest BCUT2D eigenvalue weighted by atomic mass is 10.1. The number of nitrogens with zero attached hydrogens (tertiary/aromatic N) is 2. The zero-order valence-electron chi connectivity index (χ0n) is 10.9. The lowest BCUT2D eigenvalue weighted by Gasteiger charge is -2.16. The number of hydrogen-bond donors (Lipinski definition) is 2. The highest BCUT2D eigenvalue weighted by Gasteiger charge is 2.10. The van der Waals surface area contributed by atoms with Gasteiger partial charge in [-0.1, -0.05) is 18.2 Å². The molecule has 0 spiro atoms. The molecule has 0 aliphatic heterocycles. The van der Waals surface area contributed by atoms with E-state index in [2.05, 4.69) is 15.3 Å². The van der Waals surface area contributed by atoms with Gasteiger partial charge in [-0.3, -0.25) is 0 Å². The van der Waals surface area contributed by atoms with Gasteiger partial charge in [0.1, 0.15) is 0 Å². The molecule has 0 aliphatic carbocycles. The van der Waals surface area contributed by atoms with Crippen LogP contribution < -0.4 is 11.1 Å². The first-order valence-corrected chi connectivity index (χ1v) is 5.99. The summed E-state index contributed by atoms with van der Waals surface area (Å²) in [5.74, 6) is 0.642. The molecule has 18 heavy (non-hydrogen) atoms. The van der Waals surface area contributed by atoms with Gasteiger partial charge in [-0.15, -0.1) is 0 Å². The molecule has 2 rings (SSSR count). The molecule has 0 saturated heterocycles. The van der Waals surface area contributed by atoms with Gasteiger partial charge in [0.25, 0.3) is 0 Å². The van der Waals surface area contributed by atoms with Crippen LogP contribution in [0.25, 0.3) is 0 Å². The molecule has 0 fully saturated rings. The minimum absolute atomic E-state index is 0.0763. The van der Waals surface area contributed by atoms with Gasteiger partial charge in [0.05, 0.1) is 6.04 Å². The first kappa shape index (κ1) is 12.4. The number of nitrogens with one attached hydrogen (secondary N) is 1. The number of nitrogen functional groups attached to an aromatic ring is 1. The molecule has 3 N–H and O–H groups in total. The fourth-order valence-corrected chi connectivity index (χ4v) is 1.97. The standard InChI is InChI=1S/C14H18N4/c1-9-8-10(2)17-14(16-9)18-11(3)12-6-4-5-7-13(12)15/h4-8,11H,15H2,1-3H3,(H,16,17,18). The monoisotopic (exact) mass is 242 g/mol. The van der Waals surface area contributed by atoms with Gasteiger partial charge in [-0.2, -0.15) is 0 Å². The van der Waals surface area contributed by atoms with Crippen LogP contribution in [0.5, 0.6) is 0 Å². The van der Waals surface area contributed by atoms with E-state index in [4.69, 9.17) is 5.73 Å². The van der Waals surface area contributed by atoms with Gasteiger partial charge >= 0.3 is 0 Å². The Morgan fingerprint density at radius 1 is 1.11 bits per heavy atom. The molecule has 4 nitrogen and oxygen atoms in total. The number of aryl methyl sites for hydroxylation is 2. The fraction of sp³-hybridized carbons (Fsp3) is 0.286. The van der Waals surface area contributed by atoms with E-state index in [0.29, 0.717) is 5.95 Å². The average Bonchev–Trinajstić information content (AvgIpc) is 2.27. The van der Waals surface area contributed by atoms with E-state index in [1.54, 1.807) is 0 Å². The maximum absolute atomic E-state index is 5.95. The van der Waals surface area contributed by atoms with Gasteiger partial charge < -0.3 is 11.1 Å². The number of nitrogens with two attached hydrogens (primary N) is 1. The van der Waals surface area contributed by atoms with Crippen molar-refractivity contribution in [2.24, 2.45) is 0 Å². The normalized spacial score (nSPS) is 12.2. The van der Waals surface area contributed by atoms with Crippen molar-refractivity contribution in [1.29, 1.82) is 0 Å². The molecule has 0 saturated carbocycles. The summed E-state index contributed by atoms with van der Waals surface area (Å²) < 4.78 is 0. The van der Waals surface area contributed by atoms with Crippen molar-refractivity contribution in [2.75, 3.05) is 11.1 Å². The summed E-state index contributed by atoms with van der Waals surface area (Å²) in [4.78, 5) is 8.73. The van der Waals surface area contributed by atoms with Crippen molar-refractivity contribution in [1.82, 2.24) is 9.97 Å². The Hall–Kier alpha value is -2.10. The van der Waals surface area contributed by atoms with E-state index >= 15 is 0 Å². The summed E-state index contributed by atoms with van der Waals surface area (Å²) in [5.41, 5.74) is 9.70. The number of anilines is 2. The second kappa shape index (κ2) is 5.04. The van der Waals surface area contributed by atoms with Gasteiger partial charge in [-0.05, 0) is 38.5 Å². The van der Waals surface area contributed by atoms with Crippen molar-refractivity contribution < 1.29 is 0 Å². The Morgan fingerprint density at radius 3 is 2.33 bits per heavy atom. The minimum Gasteiger partial charge on any atom is -0.398 e. The van der Waals surface area contributed by atoms with Crippen LogP contribution in [0, 0.1) is 13.8 Å². The molecule has 94 valence electrons. The van der Waals surface area contributed by atoms with Crippen LogP contribution in [0.2, 0.25) is 0 Å². The molecule has 1 unspecified atom stereocenters. The number of hydrogen-bond acceptors (Lipinski definition) is 4. The summed E-state index contributed by atoms with van der Waals surface area (Å²) >= 11 is 0. The largest absolute Gasteiger partial charge is 0.398 e. The van der Waals surface area contributed by atoms with Gasteiger partial charge in [0, 0.05) is 17.1 Å². The summed E-state index contributed by atoms with van der Waals surface area (Å²) in [6, 6.07) is 9.84. The minimum atomic E-state index is 0.0763. The van der Waals surface area contributed by atoms with Crippen molar-refractivity contribution in [3.63, 3.8) is 0 Å². The van der Waals surface area contributed by atoms with Crippen LogP contribution in [0.4, 0.5) is 11.6 Å². The third-order valence-electron chi connectivity index (χ3n) is 2.79. The SMILES string of the molecule is Cc1cc(C)nc(NC(C)c2ccccc2N)n1. The number of aromatic nitrogens is 2. The molecule has 1 aromatic heterocycles. The molecular weight excluding hydrogens is 224 g/mol. The molecule has 0 radical (unpaired) electrons. The number of benzene rings is 1. The Labute approximate surface area is 107 Å². The predicted molar refractivity (Wildman–Crippen MR) is 74.4 cm³/mol. The van der Waals surface area contributed by atoms with Crippen molar-refractivity contribution in [3.05, 3.63) is 47.3 Å². The first-order chi connectivity index (χ1) is 8.56. The molecule has 1 atom stereocenters. The quantitative estimate of drug-likeness (QED) is 0.812. The zero-order valence-corrected chi connectivity index (χ0v) is 10.9. The van der Waals surface area contributed by atoms with Crippen LogP contribution in [-0.2, 0) is 0 Å². The van der Waals surface area contributed by atoms with Crippen molar-refractivity contribution in [3.8, 4) is 0 Å². The predicted octanol–water partition coefficient (Wildman–Crippen LogP) is 2.85. The summed E-state index contributed by atoms with van der Waals surface area (Å²) in [7, 11) is 0. The summed E-state index contributed by atoms with van der Waals surface area (Å²) in [5, 5.41) is 3.28. The first-order valence-electron chi connectivity index (χ1n) is 5.99. The maximum atomic E-state index is 5.95. The van der Waals surface area contributed by atoms with Crippen molar-refractivity contribution in [2.45, 2.75) is 26.8 Å². The third-order valence-corrected chi connectivity index (χ3v) is 2.79. The van der Waals surface area contributed by atoms with Gasteiger partial charge in [0.2, 0.25) is 5.95 Å². The van der Waals surface area contributed by atoms with Gasteiger partial charge in [-0.25, -0.2) is 9.97 Å². The Kier molecular flexibility index (Phi) is 3.46. The number of rotatable bonds is 3. The Morgan fingerprint density at radius 2 is 1.72 bits per heavy atom. The van der Waals surface area contributed by atoms with E-state index in [9.17, 15) is 0 Å². The lowest BCUT2D eigenvalue weighted by Crippen LogP contribution is -2.12. The topological polar surface area (TPSA) is 63.8 Å². The molecule has 0 bridgehead atoms. The molecule has 1 aromatic carbocycles. The van der Waals surface area contributed by atoms with Crippen LogP contribution >= 0.6 is 0 Å². The number of para-hydroxylation sites is 1. The molecular formula is C14H18N4. The van der Waals surface area contributed by atoms with Crippen LogP contribution in [0.3, 0.4) is 0 Å². The van der Waals surface area contributed by atoms with E-state index in [1.807, 2.05) is 51.1 Å². The Bertz CT molecular complexity index is 531. The van der Waals surface area contributed by atoms with E-state index in [1.165, 1.54) is 0 Å². The third kappa shape index (κ3) is 2.77. The molecule has 0 aliphatic rings.